The lowest BCUT2D eigenvalue weighted by Crippen LogP contribution is -2.45. The number of aryl methyl sites for hydroxylation is 1. The van der Waals surface area contributed by atoms with Gasteiger partial charge in [0.1, 0.15) is 5.75 Å². The minimum absolute atomic E-state index is 0.124. The minimum Gasteiger partial charge on any atom is -0.497 e. The topological polar surface area (TPSA) is 108 Å². The van der Waals surface area contributed by atoms with E-state index in [-0.39, 0.29) is 12.3 Å². The molecule has 0 aromatic heterocycles. The fourth-order valence-electron chi connectivity index (χ4n) is 1.92. The van der Waals surface area contributed by atoms with Crippen molar-refractivity contribution in [2.75, 3.05) is 7.11 Å². The van der Waals surface area contributed by atoms with E-state index in [1.54, 1.807) is 33.1 Å². The molecule has 3 amide bonds. The lowest BCUT2D eigenvalue weighted by molar-refractivity contribution is -0.158. The van der Waals surface area contributed by atoms with E-state index < -0.39 is 24.0 Å². The van der Waals surface area contributed by atoms with Gasteiger partial charge in [0.25, 0.3) is 5.91 Å². The third-order valence-electron chi connectivity index (χ3n) is 3.15. The van der Waals surface area contributed by atoms with E-state index in [4.69, 9.17) is 15.2 Å². The van der Waals surface area contributed by atoms with E-state index in [0.717, 1.165) is 11.3 Å². The highest BCUT2D eigenvalue weighted by atomic mass is 16.5. The number of primary amides is 1. The maximum atomic E-state index is 11.9. The van der Waals surface area contributed by atoms with Crippen LogP contribution in [0, 0.1) is 5.92 Å². The highest BCUT2D eigenvalue weighted by Crippen LogP contribution is 2.14. The second kappa shape index (κ2) is 8.77. The van der Waals surface area contributed by atoms with Gasteiger partial charge in [-0.2, -0.15) is 0 Å². The van der Waals surface area contributed by atoms with Crippen LogP contribution in [0.15, 0.2) is 24.3 Å². The van der Waals surface area contributed by atoms with E-state index in [1.165, 1.54) is 0 Å². The molecule has 1 aromatic rings. The van der Waals surface area contributed by atoms with Crippen molar-refractivity contribution in [2.24, 2.45) is 11.7 Å². The van der Waals surface area contributed by atoms with Gasteiger partial charge in [-0.15, -0.1) is 0 Å². The number of carbonyl (C=O) groups is 3. The Labute approximate surface area is 135 Å². The molecule has 0 bridgehead atoms. The van der Waals surface area contributed by atoms with Crippen molar-refractivity contribution in [3.63, 3.8) is 0 Å². The Morgan fingerprint density at radius 3 is 2.26 bits per heavy atom. The summed E-state index contributed by atoms with van der Waals surface area (Å²) in [5.74, 6) is -0.775. The van der Waals surface area contributed by atoms with Crippen molar-refractivity contribution < 1.29 is 23.9 Å². The number of ether oxygens (including phenoxy) is 2. The molecule has 7 heteroatoms. The third kappa shape index (κ3) is 6.37. The molecule has 7 nitrogen and oxygen atoms in total. The maximum Gasteiger partial charge on any atom is 0.318 e. The number of methoxy groups -OCH3 is 1. The average Bonchev–Trinajstić information content (AvgIpc) is 2.50. The quantitative estimate of drug-likeness (QED) is 0.738. The minimum atomic E-state index is -1.05. The van der Waals surface area contributed by atoms with Crippen molar-refractivity contribution in [3.05, 3.63) is 29.8 Å². The molecule has 1 aromatic carbocycles. The van der Waals surface area contributed by atoms with Crippen LogP contribution >= 0.6 is 0 Å². The summed E-state index contributed by atoms with van der Waals surface area (Å²) in [6.45, 7) is 3.42. The molecule has 126 valence electrons. The summed E-state index contributed by atoms with van der Waals surface area (Å²) in [6.07, 6.45) is -0.448. The molecule has 23 heavy (non-hydrogen) atoms. The van der Waals surface area contributed by atoms with Crippen LogP contribution in [-0.2, 0) is 20.7 Å². The molecule has 0 unspecified atom stereocenters. The highest BCUT2D eigenvalue weighted by molar-refractivity contribution is 5.96. The maximum absolute atomic E-state index is 11.9. The largest absolute Gasteiger partial charge is 0.497 e. The molecule has 0 saturated carbocycles. The van der Waals surface area contributed by atoms with Gasteiger partial charge in [-0.3, -0.25) is 14.9 Å². The monoisotopic (exact) mass is 322 g/mol. The Balaban J connectivity index is 2.54. The predicted octanol–water partition coefficient (Wildman–Crippen LogP) is 1.39. The Morgan fingerprint density at radius 2 is 1.78 bits per heavy atom. The standard InChI is InChI=1S/C16H22N2O5/c1-10(2)14(15(20)18-16(17)21)23-13(19)9-6-11-4-7-12(22-3)8-5-11/h4-5,7-8,10,14H,6,9H2,1-3H3,(H3,17,18,20,21)/t14-/m0/s1. The summed E-state index contributed by atoms with van der Waals surface area (Å²) in [7, 11) is 1.58. The molecule has 0 fully saturated rings. The van der Waals surface area contributed by atoms with Gasteiger partial charge in [0, 0.05) is 6.42 Å². The van der Waals surface area contributed by atoms with E-state index in [2.05, 4.69) is 0 Å². The van der Waals surface area contributed by atoms with Crippen LogP contribution < -0.4 is 15.8 Å². The second-order valence-electron chi connectivity index (χ2n) is 5.36. The molecule has 1 atom stereocenters. The van der Waals surface area contributed by atoms with Crippen LogP contribution in [-0.4, -0.2) is 31.1 Å². The van der Waals surface area contributed by atoms with Crippen molar-refractivity contribution in [1.29, 1.82) is 0 Å². The molecule has 0 aliphatic rings. The first-order chi connectivity index (χ1) is 10.8. The molecule has 0 saturated heterocycles. The molecule has 1 rings (SSSR count). The number of benzene rings is 1. The van der Waals surface area contributed by atoms with E-state index in [0.29, 0.717) is 6.42 Å². The Hall–Kier alpha value is -2.57. The van der Waals surface area contributed by atoms with Crippen molar-refractivity contribution in [3.8, 4) is 5.75 Å². The van der Waals surface area contributed by atoms with Crippen LogP contribution in [0.4, 0.5) is 4.79 Å². The highest BCUT2D eigenvalue weighted by Gasteiger charge is 2.27. The van der Waals surface area contributed by atoms with Gasteiger partial charge < -0.3 is 15.2 Å². The van der Waals surface area contributed by atoms with Gasteiger partial charge in [-0.25, -0.2) is 4.79 Å². The summed E-state index contributed by atoms with van der Waals surface area (Å²) in [6, 6.07) is 6.34. The molecule has 0 heterocycles. The first-order valence-corrected chi connectivity index (χ1v) is 7.26. The van der Waals surface area contributed by atoms with Gasteiger partial charge in [0.15, 0.2) is 6.10 Å². The third-order valence-corrected chi connectivity index (χ3v) is 3.15. The smallest absolute Gasteiger partial charge is 0.318 e. The fourth-order valence-corrected chi connectivity index (χ4v) is 1.92. The SMILES string of the molecule is COc1ccc(CCC(=O)O[C@H](C(=O)NC(N)=O)C(C)C)cc1. The predicted molar refractivity (Wildman–Crippen MR) is 83.8 cm³/mol. The average molecular weight is 322 g/mol. The number of hydrogen-bond donors (Lipinski definition) is 2. The van der Waals surface area contributed by atoms with Crippen LogP contribution in [0.25, 0.3) is 0 Å². The van der Waals surface area contributed by atoms with Crippen LogP contribution in [0.2, 0.25) is 0 Å². The molecule has 3 N–H and O–H groups in total. The van der Waals surface area contributed by atoms with Gasteiger partial charge in [0.05, 0.1) is 7.11 Å². The number of imide groups is 1. The molecule has 0 aliphatic heterocycles. The van der Waals surface area contributed by atoms with Gasteiger partial charge in [0.2, 0.25) is 0 Å². The second-order valence-corrected chi connectivity index (χ2v) is 5.36. The number of rotatable bonds is 7. The number of amides is 3. The molecule has 0 aliphatic carbocycles. The van der Waals surface area contributed by atoms with Crippen molar-refractivity contribution in [2.45, 2.75) is 32.8 Å². The number of hydrogen-bond acceptors (Lipinski definition) is 5. The lowest BCUT2D eigenvalue weighted by atomic mass is 10.1. The van der Waals surface area contributed by atoms with Gasteiger partial charge in [-0.1, -0.05) is 26.0 Å². The number of esters is 1. The van der Waals surface area contributed by atoms with Crippen LogP contribution in [0.5, 0.6) is 5.75 Å². The number of nitrogens with two attached hydrogens (primary N) is 1. The Bertz CT molecular complexity index is 554. The van der Waals surface area contributed by atoms with Crippen LogP contribution in [0.3, 0.4) is 0 Å². The van der Waals surface area contributed by atoms with E-state index in [1.807, 2.05) is 17.4 Å². The van der Waals surface area contributed by atoms with E-state index >= 15 is 0 Å². The Kier molecular flexibility index (Phi) is 7.05. The number of carbonyl (C=O) groups excluding carboxylic acids is 3. The van der Waals surface area contributed by atoms with Crippen molar-refractivity contribution >= 4 is 17.9 Å². The van der Waals surface area contributed by atoms with Gasteiger partial charge >= 0.3 is 12.0 Å². The summed E-state index contributed by atoms with van der Waals surface area (Å²) in [5.41, 5.74) is 5.85. The molecule has 0 spiro atoms. The molecule has 0 radical (unpaired) electrons. The summed E-state index contributed by atoms with van der Waals surface area (Å²) >= 11 is 0. The number of urea groups is 1. The zero-order chi connectivity index (χ0) is 17.4. The fraction of sp³-hybridized carbons (Fsp3) is 0.438. The van der Waals surface area contributed by atoms with Crippen LogP contribution in [0.1, 0.15) is 25.8 Å². The lowest BCUT2D eigenvalue weighted by Gasteiger charge is -2.19. The van der Waals surface area contributed by atoms with Crippen molar-refractivity contribution in [1.82, 2.24) is 5.32 Å². The first-order valence-electron chi connectivity index (χ1n) is 7.26. The normalized spacial score (nSPS) is 11.7. The Morgan fingerprint density at radius 1 is 1.17 bits per heavy atom. The van der Waals surface area contributed by atoms with E-state index in [9.17, 15) is 14.4 Å². The van der Waals surface area contributed by atoms with Gasteiger partial charge in [-0.05, 0) is 30.0 Å². The summed E-state index contributed by atoms with van der Waals surface area (Å²) < 4.78 is 10.2. The zero-order valence-corrected chi connectivity index (χ0v) is 13.5. The first kappa shape index (κ1) is 18.5. The summed E-state index contributed by atoms with van der Waals surface area (Å²) in [5, 5.41) is 1.92. The molecular weight excluding hydrogens is 300 g/mol. The zero-order valence-electron chi connectivity index (χ0n) is 13.5. The molecular formula is C16H22N2O5. The number of nitrogens with one attached hydrogen (secondary N) is 1. The summed E-state index contributed by atoms with van der Waals surface area (Å²) in [4.78, 5) is 34.4.